The zero-order valence-electron chi connectivity index (χ0n) is 9.68. The maximum atomic E-state index is 11.4. The molecule has 2 aromatic rings. The first-order chi connectivity index (χ1) is 9.04. The van der Waals surface area contributed by atoms with Crippen molar-refractivity contribution in [3.05, 3.63) is 27.2 Å². The van der Waals surface area contributed by atoms with E-state index >= 15 is 0 Å². The number of carbonyl (C=O) groups is 1. The zero-order valence-corrected chi connectivity index (χ0v) is 12.9. The first-order valence-corrected chi connectivity index (χ1v) is 7.77. The van der Waals surface area contributed by atoms with Gasteiger partial charge >= 0.3 is 0 Å². The number of amides is 1. The quantitative estimate of drug-likeness (QED) is 0.864. The number of halogens is 1. The molecule has 19 heavy (non-hydrogen) atoms. The van der Waals surface area contributed by atoms with Crippen LogP contribution in [0.4, 0.5) is 5.69 Å². The lowest BCUT2D eigenvalue weighted by molar-refractivity contribution is -0.123. The number of carbonyl (C=O) groups excluding carboxylic acids is 1. The van der Waals surface area contributed by atoms with Crippen molar-refractivity contribution >= 4 is 50.6 Å². The molecule has 0 saturated heterocycles. The Kier molecular flexibility index (Phi) is 3.34. The highest BCUT2D eigenvalue weighted by Crippen LogP contribution is 2.41. The third kappa shape index (κ3) is 2.40. The van der Waals surface area contributed by atoms with Crippen molar-refractivity contribution in [3.63, 3.8) is 0 Å². The lowest BCUT2D eigenvalue weighted by Gasteiger charge is -2.06. The number of aryl methyl sites for hydroxylation is 1. The van der Waals surface area contributed by atoms with Gasteiger partial charge in [0.05, 0.1) is 0 Å². The predicted molar refractivity (Wildman–Crippen MR) is 76.5 cm³/mol. The summed E-state index contributed by atoms with van der Waals surface area (Å²) in [6.07, 6.45) is -1.09. The normalized spacial score (nSPS) is 17.4. The average molecular weight is 358 g/mol. The standard InChI is InChI=1S/C11H8BrN3O2S2/c1-4-14-15-11(18-4)19-8-3-7-5(2-6(8)12)9(16)10(17)13-7/h2-3,9,16H,1H3,(H,13,17). The van der Waals surface area contributed by atoms with E-state index in [0.29, 0.717) is 11.3 Å². The number of rotatable bonds is 2. The summed E-state index contributed by atoms with van der Waals surface area (Å²) in [5.41, 5.74) is 1.24. The number of fused-ring (bicyclic) bond motifs is 1. The van der Waals surface area contributed by atoms with Gasteiger partial charge in [-0.25, -0.2) is 0 Å². The second-order valence-corrected chi connectivity index (χ2v) is 7.28. The van der Waals surface area contributed by atoms with Crippen LogP contribution in [0.5, 0.6) is 0 Å². The van der Waals surface area contributed by atoms with Gasteiger partial charge in [0.1, 0.15) is 5.01 Å². The molecule has 1 amide bonds. The summed E-state index contributed by atoms with van der Waals surface area (Å²) in [4.78, 5) is 12.3. The molecule has 0 saturated carbocycles. The average Bonchev–Trinajstić information content (AvgIpc) is 2.87. The number of nitrogens with zero attached hydrogens (tertiary/aromatic N) is 2. The molecule has 1 unspecified atom stereocenters. The molecular formula is C11H8BrN3O2S2. The number of anilines is 1. The van der Waals surface area contributed by atoms with Crippen molar-refractivity contribution in [3.8, 4) is 0 Å². The summed E-state index contributed by atoms with van der Waals surface area (Å²) in [6, 6.07) is 3.59. The molecule has 1 aliphatic heterocycles. The van der Waals surface area contributed by atoms with E-state index in [1.807, 2.05) is 13.0 Å². The minimum Gasteiger partial charge on any atom is -0.378 e. The van der Waals surface area contributed by atoms with Crippen molar-refractivity contribution in [1.29, 1.82) is 0 Å². The Morgan fingerprint density at radius 1 is 1.47 bits per heavy atom. The molecule has 1 aliphatic rings. The van der Waals surface area contributed by atoms with Gasteiger partial charge in [-0.1, -0.05) is 23.1 Å². The van der Waals surface area contributed by atoms with Gasteiger partial charge in [-0.3, -0.25) is 4.79 Å². The Balaban J connectivity index is 1.96. The minimum atomic E-state index is -1.09. The Bertz CT molecular complexity index is 674. The van der Waals surface area contributed by atoms with Crippen molar-refractivity contribution < 1.29 is 9.90 Å². The SMILES string of the molecule is Cc1nnc(Sc2cc3c(cc2Br)C(O)C(=O)N3)s1. The monoisotopic (exact) mass is 357 g/mol. The number of nitrogens with one attached hydrogen (secondary N) is 1. The summed E-state index contributed by atoms with van der Waals surface area (Å²) in [5, 5.41) is 21.3. The third-order valence-electron chi connectivity index (χ3n) is 2.61. The maximum absolute atomic E-state index is 11.4. The lowest BCUT2D eigenvalue weighted by Crippen LogP contribution is -2.10. The second-order valence-electron chi connectivity index (χ2n) is 3.95. The van der Waals surface area contributed by atoms with Gasteiger partial charge in [-0.05, 0) is 35.0 Å². The minimum absolute atomic E-state index is 0.393. The number of aromatic nitrogens is 2. The fraction of sp³-hybridized carbons (Fsp3) is 0.182. The van der Waals surface area contributed by atoms with E-state index in [2.05, 4.69) is 31.4 Å². The summed E-state index contributed by atoms with van der Waals surface area (Å²) >= 11 is 6.42. The molecule has 3 rings (SSSR count). The van der Waals surface area contributed by atoms with Gasteiger partial charge in [0.25, 0.3) is 5.91 Å². The molecule has 5 nitrogen and oxygen atoms in total. The van der Waals surface area contributed by atoms with Gasteiger partial charge in [0.2, 0.25) is 0 Å². The highest BCUT2D eigenvalue weighted by molar-refractivity contribution is 9.10. The van der Waals surface area contributed by atoms with Crippen molar-refractivity contribution in [2.75, 3.05) is 5.32 Å². The Labute approximate surface area is 125 Å². The number of hydrogen-bond donors (Lipinski definition) is 2. The first kappa shape index (κ1) is 13.0. The van der Waals surface area contributed by atoms with Crippen molar-refractivity contribution in [2.45, 2.75) is 22.3 Å². The van der Waals surface area contributed by atoms with Crippen LogP contribution in [0.25, 0.3) is 0 Å². The zero-order chi connectivity index (χ0) is 13.6. The van der Waals surface area contributed by atoms with Gasteiger partial charge in [0, 0.05) is 20.6 Å². The van der Waals surface area contributed by atoms with E-state index in [1.165, 1.54) is 23.1 Å². The highest BCUT2D eigenvalue weighted by atomic mass is 79.9. The smallest absolute Gasteiger partial charge is 0.257 e. The van der Waals surface area contributed by atoms with Crippen LogP contribution in [0.2, 0.25) is 0 Å². The van der Waals surface area contributed by atoms with Crippen LogP contribution < -0.4 is 5.32 Å². The fourth-order valence-corrected chi connectivity index (χ4v) is 4.16. The Morgan fingerprint density at radius 2 is 2.26 bits per heavy atom. The van der Waals surface area contributed by atoms with Crippen molar-refractivity contribution in [2.24, 2.45) is 0 Å². The van der Waals surface area contributed by atoms with Crippen LogP contribution in [0, 0.1) is 6.92 Å². The largest absolute Gasteiger partial charge is 0.378 e. The van der Waals surface area contributed by atoms with E-state index in [1.54, 1.807) is 6.07 Å². The molecule has 1 aromatic carbocycles. The van der Waals surface area contributed by atoms with Gasteiger partial charge in [-0.2, -0.15) is 0 Å². The van der Waals surface area contributed by atoms with Crippen LogP contribution in [0.15, 0.2) is 25.8 Å². The lowest BCUT2D eigenvalue weighted by atomic mass is 10.1. The van der Waals surface area contributed by atoms with Crippen LogP contribution in [-0.4, -0.2) is 21.2 Å². The van der Waals surface area contributed by atoms with E-state index in [9.17, 15) is 9.90 Å². The molecule has 0 spiro atoms. The number of aliphatic hydroxyl groups is 1. The number of aliphatic hydroxyl groups excluding tert-OH is 1. The molecule has 2 heterocycles. The molecule has 0 fully saturated rings. The van der Waals surface area contributed by atoms with Gasteiger partial charge in [-0.15, -0.1) is 10.2 Å². The fourth-order valence-electron chi connectivity index (χ4n) is 1.74. The molecule has 8 heteroatoms. The Morgan fingerprint density at radius 3 is 2.95 bits per heavy atom. The first-order valence-electron chi connectivity index (χ1n) is 5.35. The second kappa shape index (κ2) is 4.86. The molecule has 1 aromatic heterocycles. The van der Waals surface area contributed by atoms with E-state index in [4.69, 9.17) is 0 Å². The number of hydrogen-bond acceptors (Lipinski definition) is 6. The number of benzene rings is 1. The summed E-state index contributed by atoms with van der Waals surface area (Å²) in [5.74, 6) is -0.393. The van der Waals surface area contributed by atoms with Gasteiger partial charge in [0.15, 0.2) is 10.4 Å². The molecule has 0 aliphatic carbocycles. The van der Waals surface area contributed by atoms with E-state index in [0.717, 1.165) is 18.7 Å². The maximum Gasteiger partial charge on any atom is 0.257 e. The molecule has 1 atom stereocenters. The van der Waals surface area contributed by atoms with E-state index < -0.39 is 12.0 Å². The van der Waals surface area contributed by atoms with Crippen LogP contribution in [-0.2, 0) is 4.79 Å². The summed E-state index contributed by atoms with van der Waals surface area (Å²) in [7, 11) is 0. The van der Waals surface area contributed by atoms with Crippen LogP contribution in [0.3, 0.4) is 0 Å². The molecule has 2 N–H and O–H groups in total. The Hall–Kier alpha value is -0.960. The molecule has 98 valence electrons. The van der Waals surface area contributed by atoms with Crippen molar-refractivity contribution in [1.82, 2.24) is 10.2 Å². The topological polar surface area (TPSA) is 75.1 Å². The predicted octanol–water partition coefficient (Wildman–Crippen LogP) is 2.75. The summed E-state index contributed by atoms with van der Waals surface area (Å²) in [6.45, 7) is 1.90. The summed E-state index contributed by atoms with van der Waals surface area (Å²) < 4.78 is 1.66. The van der Waals surface area contributed by atoms with E-state index in [-0.39, 0.29) is 0 Å². The molecule has 0 radical (unpaired) electrons. The van der Waals surface area contributed by atoms with Crippen LogP contribution >= 0.6 is 39.0 Å². The highest BCUT2D eigenvalue weighted by Gasteiger charge is 2.29. The molecule has 0 bridgehead atoms. The molecular weight excluding hydrogens is 350 g/mol. The third-order valence-corrected chi connectivity index (χ3v) is 5.48. The van der Waals surface area contributed by atoms with Crippen LogP contribution in [0.1, 0.15) is 16.7 Å². The van der Waals surface area contributed by atoms with Gasteiger partial charge < -0.3 is 10.4 Å².